The van der Waals surface area contributed by atoms with Crippen LogP contribution in [0.3, 0.4) is 0 Å². The van der Waals surface area contributed by atoms with Crippen molar-refractivity contribution in [3.8, 4) is 0 Å². The summed E-state index contributed by atoms with van der Waals surface area (Å²) in [4.78, 5) is 0. The fourth-order valence-electron chi connectivity index (χ4n) is 3.27. The summed E-state index contributed by atoms with van der Waals surface area (Å²) in [5, 5.41) is 21.6. The van der Waals surface area contributed by atoms with E-state index >= 15 is 0 Å². The molecule has 1 fully saturated rings. The monoisotopic (exact) mass is 369 g/mol. The first kappa shape index (κ1) is 17.2. The van der Waals surface area contributed by atoms with Crippen molar-refractivity contribution in [3.05, 3.63) is 53.9 Å². The van der Waals surface area contributed by atoms with Crippen molar-refractivity contribution in [2.45, 2.75) is 36.2 Å². The highest BCUT2D eigenvalue weighted by molar-refractivity contribution is 7.98. The molecule has 1 aliphatic heterocycles. The molecule has 0 radical (unpaired) electrons. The van der Waals surface area contributed by atoms with Gasteiger partial charge in [-0.1, -0.05) is 42.1 Å². The minimum Gasteiger partial charge on any atom is -0.320 e. The molecule has 0 aliphatic carbocycles. The largest absolute Gasteiger partial charge is 0.320 e. The van der Waals surface area contributed by atoms with E-state index in [-0.39, 0.29) is 0 Å². The quantitative estimate of drug-likeness (QED) is 0.672. The Morgan fingerprint density at radius 3 is 2.65 bits per heavy atom. The van der Waals surface area contributed by atoms with Gasteiger partial charge in [0.25, 0.3) is 0 Å². The molecule has 3 heterocycles. The third kappa shape index (κ3) is 3.81. The molecule has 136 valence electrons. The maximum Gasteiger partial charge on any atom is 0.191 e. The normalized spacial score (nSPS) is 15.4. The van der Waals surface area contributed by atoms with E-state index in [1.54, 1.807) is 18.1 Å². The number of piperidine rings is 1. The molecule has 0 unspecified atom stereocenters. The molecular formula is C18H23N7S. The zero-order valence-electron chi connectivity index (χ0n) is 14.9. The number of hydrogen-bond donors (Lipinski definition) is 1. The standard InChI is InChI=1S/C18H23N7S/c1-24-13-20-21-16(24)12-26-18-23-22-17(15-7-9-19-10-8-15)25(18)11-14-5-3-2-4-6-14/h2-6,13,15,19H,7-12H2,1H3. The highest BCUT2D eigenvalue weighted by Gasteiger charge is 2.23. The molecule has 1 aromatic carbocycles. The van der Waals surface area contributed by atoms with Gasteiger partial charge < -0.3 is 14.5 Å². The van der Waals surface area contributed by atoms with E-state index in [9.17, 15) is 0 Å². The zero-order valence-corrected chi connectivity index (χ0v) is 15.7. The van der Waals surface area contributed by atoms with Gasteiger partial charge in [0.1, 0.15) is 18.0 Å². The molecule has 7 nitrogen and oxygen atoms in total. The highest BCUT2D eigenvalue weighted by atomic mass is 32.2. The van der Waals surface area contributed by atoms with E-state index in [0.717, 1.165) is 55.0 Å². The van der Waals surface area contributed by atoms with E-state index < -0.39 is 0 Å². The van der Waals surface area contributed by atoms with Crippen LogP contribution < -0.4 is 5.32 Å². The van der Waals surface area contributed by atoms with Crippen molar-refractivity contribution < 1.29 is 0 Å². The summed E-state index contributed by atoms with van der Waals surface area (Å²) in [7, 11) is 1.96. The maximum absolute atomic E-state index is 4.58. The summed E-state index contributed by atoms with van der Waals surface area (Å²) in [6, 6.07) is 10.5. The van der Waals surface area contributed by atoms with Gasteiger partial charge in [-0.2, -0.15) is 0 Å². The molecule has 0 amide bonds. The van der Waals surface area contributed by atoms with Crippen molar-refractivity contribution in [1.82, 2.24) is 34.8 Å². The Labute approximate surface area is 157 Å². The topological polar surface area (TPSA) is 73.4 Å². The fraction of sp³-hybridized carbons (Fsp3) is 0.444. The predicted molar refractivity (Wildman–Crippen MR) is 101 cm³/mol. The van der Waals surface area contributed by atoms with Crippen molar-refractivity contribution in [2.24, 2.45) is 7.05 Å². The summed E-state index contributed by atoms with van der Waals surface area (Å²) < 4.78 is 4.23. The number of benzene rings is 1. The van der Waals surface area contributed by atoms with E-state index in [2.05, 4.69) is 54.5 Å². The van der Waals surface area contributed by atoms with Crippen LogP contribution in [0, 0.1) is 0 Å². The van der Waals surface area contributed by atoms with Crippen LogP contribution in [0.1, 0.15) is 36.0 Å². The van der Waals surface area contributed by atoms with E-state index in [1.165, 1.54) is 5.56 Å². The summed E-state index contributed by atoms with van der Waals surface area (Å²) >= 11 is 1.67. The third-order valence-corrected chi connectivity index (χ3v) is 5.73. The number of aromatic nitrogens is 6. The van der Waals surface area contributed by atoms with Crippen LogP contribution in [-0.4, -0.2) is 42.6 Å². The van der Waals surface area contributed by atoms with Gasteiger partial charge in [0, 0.05) is 13.0 Å². The van der Waals surface area contributed by atoms with Crippen LogP contribution in [0.5, 0.6) is 0 Å². The fourth-order valence-corrected chi connectivity index (χ4v) is 4.20. The van der Waals surface area contributed by atoms with Crippen LogP contribution in [0.25, 0.3) is 0 Å². The Morgan fingerprint density at radius 2 is 1.92 bits per heavy atom. The van der Waals surface area contributed by atoms with Gasteiger partial charge in [0.05, 0.1) is 12.3 Å². The van der Waals surface area contributed by atoms with Crippen molar-refractivity contribution in [3.63, 3.8) is 0 Å². The molecule has 0 spiro atoms. The van der Waals surface area contributed by atoms with Crippen molar-refractivity contribution in [1.29, 1.82) is 0 Å². The van der Waals surface area contributed by atoms with E-state index in [0.29, 0.717) is 5.92 Å². The Bertz CT molecular complexity index is 836. The molecule has 1 N–H and O–H groups in total. The van der Waals surface area contributed by atoms with Crippen LogP contribution in [-0.2, 0) is 19.3 Å². The Morgan fingerprint density at radius 1 is 1.12 bits per heavy atom. The molecule has 2 aromatic heterocycles. The lowest BCUT2D eigenvalue weighted by Crippen LogP contribution is -2.28. The lowest BCUT2D eigenvalue weighted by molar-refractivity contribution is 0.430. The first-order valence-electron chi connectivity index (χ1n) is 8.94. The van der Waals surface area contributed by atoms with Gasteiger partial charge in [-0.25, -0.2) is 0 Å². The highest BCUT2D eigenvalue weighted by Crippen LogP contribution is 2.29. The Hall–Kier alpha value is -2.19. The van der Waals surface area contributed by atoms with Crippen molar-refractivity contribution >= 4 is 11.8 Å². The minimum absolute atomic E-state index is 0.469. The first-order valence-corrected chi connectivity index (χ1v) is 9.93. The molecule has 4 rings (SSSR count). The minimum atomic E-state index is 0.469. The molecule has 0 saturated carbocycles. The summed E-state index contributed by atoms with van der Waals surface area (Å²) in [5.41, 5.74) is 1.27. The average molecular weight is 369 g/mol. The van der Waals surface area contributed by atoms with Gasteiger partial charge in [-0.05, 0) is 31.5 Å². The summed E-state index contributed by atoms with van der Waals surface area (Å²) in [5.74, 6) is 3.25. The SMILES string of the molecule is Cn1cnnc1CSc1nnc(C2CCNCC2)n1Cc1ccccc1. The second-order valence-electron chi connectivity index (χ2n) is 6.58. The molecular weight excluding hydrogens is 346 g/mol. The second kappa shape index (κ2) is 8.01. The van der Waals surface area contributed by atoms with Gasteiger partial charge in [0.2, 0.25) is 0 Å². The van der Waals surface area contributed by atoms with Crippen LogP contribution in [0.15, 0.2) is 41.8 Å². The molecule has 26 heavy (non-hydrogen) atoms. The maximum atomic E-state index is 4.58. The number of thioether (sulfide) groups is 1. The predicted octanol–water partition coefficient (Wildman–Crippen LogP) is 2.21. The number of aryl methyl sites for hydroxylation is 1. The Kier molecular flexibility index (Phi) is 5.31. The number of rotatable bonds is 6. The van der Waals surface area contributed by atoms with E-state index in [4.69, 9.17) is 0 Å². The van der Waals surface area contributed by atoms with Crippen molar-refractivity contribution in [2.75, 3.05) is 13.1 Å². The molecule has 0 atom stereocenters. The number of nitrogens with zero attached hydrogens (tertiary/aromatic N) is 6. The van der Waals surface area contributed by atoms with Crippen LogP contribution in [0.4, 0.5) is 0 Å². The summed E-state index contributed by atoms with van der Waals surface area (Å²) in [6.45, 7) is 2.89. The lowest BCUT2D eigenvalue weighted by Gasteiger charge is -2.23. The smallest absolute Gasteiger partial charge is 0.191 e. The number of nitrogens with one attached hydrogen (secondary N) is 1. The average Bonchev–Trinajstić information content (AvgIpc) is 3.27. The molecule has 0 bridgehead atoms. The first-order chi connectivity index (χ1) is 12.8. The molecule has 8 heteroatoms. The number of hydrogen-bond acceptors (Lipinski definition) is 6. The molecule has 1 saturated heterocycles. The van der Waals surface area contributed by atoms with Gasteiger partial charge in [-0.3, -0.25) is 0 Å². The van der Waals surface area contributed by atoms with Crippen LogP contribution >= 0.6 is 11.8 Å². The Balaban J connectivity index is 1.59. The molecule has 1 aliphatic rings. The summed E-state index contributed by atoms with van der Waals surface area (Å²) in [6.07, 6.45) is 3.95. The second-order valence-corrected chi connectivity index (χ2v) is 7.53. The lowest BCUT2D eigenvalue weighted by atomic mass is 9.97. The van der Waals surface area contributed by atoms with Crippen LogP contribution in [0.2, 0.25) is 0 Å². The van der Waals surface area contributed by atoms with E-state index in [1.807, 2.05) is 17.7 Å². The van der Waals surface area contributed by atoms with Gasteiger partial charge in [0.15, 0.2) is 5.16 Å². The van der Waals surface area contributed by atoms with Gasteiger partial charge in [-0.15, -0.1) is 20.4 Å². The zero-order chi connectivity index (χ0) is 17.8. The molecule has 3 aromatic rings. The third-order valence-electron chi connectivity index (χ3n) is 4.77. The van der Waals surface area contributed by atoms with Gasteiger partial charge >= 0.3 is 0 Å².